The van der Waals surface area contributed by atoms with Gasteiger partial charge in [0.2, 0.25) is 5.91 Å². The molecule has 0 unspecified atom stereocenters. The first kappa shape index (κ1) is 17.6. The minimum Gasteiger partial charge on any atom is -0.371 e. The Bertz CT molecular complexity index is 825. The molecule has 0 atom stereocenters. The third kappa shape index (κ3) is 4.30. The first-order valence-corrected chi connectivity index (χ1v) is 9.73. The highest BCUT2D eigenvalue weighted by atomic mass is 16.2. The van der Waals surface area contributed by atoms with Crippen LogP contribution in [-0.4, -0.2) is 24.9 Å². The van der Waals surface area contributed by atoms with Crippen molar-refractivity contribution in [2.24, 2.45) is 5.92 Å². The van der Waals surface area contributed by atoms with Crippen LogP contribution in [0.3, 0.4) is 0 Å². The second kappa shape index (κ2) is 7.82. The van der Waals surface area contributed by atoms with Crippen molar-refractivity contribution in [2.45, 2.75) is 32.2 Å². The van der Waals surface area contributed by atoms with Crippen molar-refractivity contribution in [3.05, 3.63) is 59.7 Å². The predicted molar refractivity (Wildman–Crippen MR) is 107 cm³/mol. The number of hydrogen-bond acceptors (Lipinski definition) is 3. The molecule has 1 aliphatic heterocycles. The van der Waals surface area contributed by atoms with Crippen LogP contribution in [0.1, 0.15) is 41.6 Å². The molecule has 0 spiro atoms. The summed E-state index contributed by atoms with van der Waals surface area (Å²) >= 11 is 0. The van der Waals surface area contributed by atoms with E-state index in [0.29, 0.717) is 17.8 Å². The third-order valence-corrected chi connectivity index (χ3v) is 5.20. The van der Waals surface area contributed by atoms with Crippen molar-refractivity contribution >= 4 is 23.2 Å². The van der Waals surface area contributed by atoms with Crippen molar-refractivity contribution < 1.29 is 9.59 Å². The van der Waals surface area contributed by atoms with Gasteiger partial charge in [-0.1, -0.05) is 30.3 Å². The highest BCUT2D eigenvalue weighted by Gasteiger charge is 2.30. The smallest absolute Gasteiger partial charge is 0.253 e. The molecule has 27 heavy (non-hydrogen) atoms. The quantitative estimate of drug-likeness (QED) is 0.825. The molecule has 0 aromatic heterocycles. The Morgan fingerprint density at radius 3 is 2.44 bits per heavy atom. The van der Waals surface area contributed by atoms with Gasteiger partial charge in [-0.2, -0.15) is 0 Å². The van der Waals surface area contributed by atoms with Crippen LogP contribution in [-0.2, 0) is 11.3 Å². The van der Waals surface area contributed by atoms with E-state index >= 15 is 0 Å². The molecule has 4 rings (SSSR count). The maximum Gasteiger partial charge on any atom is 0.253 e. The zero-order chi connectivity index (χ0) is 18.6. The molecule has 0 radical (unpaired) electrons. The summed E-state index contributed by atoms with van der Waals surface area (Å²) in [5.74, 6) is 0.0847. The minimum atomic E-state index is -0.108. The van der Waals surface area contributed by atoms with E-state index in [0.717, 1.165) is 50.0 Å². The van der Waals surface area contributed by atoms with Crippen LogP contribution >= 0.6 is 0 Å². The van der Waals surface area contributed by atoms with Gasteiger partial charge in [-0.15, -0.1) is 0 Å². The first-order valence-electron chi connectivity index (χ1n) is 9.73. The monoisotopic (exact) mass is 363 g/mol. The van der Waals surface area contributed by atoms with Gasteiger partial charge in [-0.3, -0.25) is 9.59 Å². The fourth-order valence-electron chi connectivity index (χ4n) is 3.49. The number of carbonyl (C=O) groups is 2. The summed E-state index contributed by atoms with van der Waals surface area (Å²) in [6, 6.07) is 15.6. The minimum absolute atomic E-state index is 0.0552. The van der Waals surface area contributed by atoms with Crippen LogP contribution in [0.4, 0.5) is 11.4 Å². The van der Waals surface area contributed by atoms with Crippen molar-refractivity contribution in [3.63, 3.8) is 0 Å². The number of amides is 2. The number of anilines is 2. The summed E-state index contributed by atoms with van der Waals surface area (Å²) in [5.41, 5.74) is 3.33. The number of nitrogens with one attached hydrogen (secondary N) is 2. The normalized spacial score (nSPS) is 16.2. The number of benzene rings is 2. The molecule has 2 fully saturated rings. The average Bonchev–Trinajstić information content (AvgIpc) is 3.42. The Hall–Kier alpha value is -2.82. The number of rotatable bonds is 6. The highest BCUT2D eigenvalue weighted by Crippen LogP contribution is 2.32. The lowest BCUT2D eigenvalue weighted by Crippen LogP contribution is -2.27. The molecule has 1 aliphatic carbocycles. The molecular weight excluding hydrogens is 338 g/mol. The maximum absolute atomic E-state index is 12.9. The lowest BCUT2D eigenvalue weighted by atomic mass is 10.1. The molecule has 2 N–H and O–H groups in total. The topological polar surface area (TPSA) is 61.4 Å². The summed E-state index contributed by atoms with van der Waals surface area (Å²) in [6.45, 7) is 2.41. The SMILES string of the molecule is O=C(NCc1ccccc1)c1cc(NC(=O)C2CC2)ccc1N1CCCC1. The van der Waals surface area contributed by atoms with Gasteiger partial charge in [-0.05, 0) is 49.4 Å². The molecule has 2 amide bonds. The van der Waals surface area contributed by atoms with Gasteiger partial charge in [0.15, 0.2) is 0 Å². The summed E-state index contributed by atoms with van der Waals surface area (Å²) in [7, 11) is 0. The average molecular weight is 363 g/mol. The molecule has 0 bridgehead atoms. The Morgan fingerprint density at radius 1 is 1.00 bits per heavy atom. The summed E-state index contributed by atoms with van der Waals surface area (Å²) < 4.78 is 0. The molecule has 2 aromatic carbocycles. The Morgan fingerprint density at radius 2 is 1.74 bits per heavy atom. The molecule has 1 saturated heterocycles. The van der Waals surface area contributed by atoms with E-state index < -0.39 is 0 Å². The maximum atomic E-state index is 12.9. The Kier molecular flexibility index (Phi) is 5.10. The van der Waals surface area contributed by atoms with E-state index in [1.54, 1.807) is 0 Å². The van der Waals surface area contributed by atoms with Crippen LogP contribution in [0, 0.1) is 5.92 Å². The fraction of sp³-hybridized carbons (Fsp3) is 0.364. The zero-order valence-corrected chi connectivity index (χ0v) is 15.4. The Labute approximate surface area is 159 Å². The van der Waals surface area contributed by atoms with Crippen LogP contribution in [0.25, 0.3) is 0 Å². The molecule has 2 aromatic rings. The van der Waals surface area contributed by atoms with E-state index in [1.807, 2.05) is 48.5 Å². The lowest BCUT2D eigenvalue weighted by Gasteiger charge is -2.22. The highest BCUT2D eigenvalue weighted by molar-refractivity contribution is 6.02. The molecular formula is C22H25N3O2. The summed E-state index contributed by atoms with van der Waals surface area (Å²) in [4.78, 5) is 27.3. The van der Waals surface area contributed by atoms with Gasteiger partial charge in [0.05, 0.1) is 5.56 Å². The van der Waals surface area contributed by atoms with E-state index in [-0.39, 0.29) is 17.7 Å². The second-order valence-corrected chi connectivity index (χ2v) is 7.36. The van der Waals surface area contributed by atoms with Gasteiger partial charge in [0.25, 0.3) is 5.91 Å². The predicted octanol–water partition coefficient (Wildman–Crippen LogP) is 3.57. The zero-order valence-electron chi connectivity index (χ0n) is 15.4. The number of carbonyl (C=O) groups excluding carboxylic acids is 2. The van der Waals surface area contributed by atoms with Crippen LogP contribution in [0.2, 0.25) is 0 Å². The standard InChI is InChI=1S/C22H25N3O2/c26-21(17-8-9-17)24-18-10-11-20(25-12-4-5-13-25)19(14-18)22(27)23-15-16-6-2-1-3-7-16/h1-3,6-7,10-11,14,17H,4-5,8-9,12-13,15H2,(H,23,27)(H,24,26). The summed E-state index contributed by atoms with van der Waals surface area (Å²) in [6.07, 6.45) is 4.21. The molecule has 1 heterocycles. The van der Waals surface area contributed by atoms with Crippen molar-refractivity contribution in [2.75, 3.05) is 23.3 Å². The van der Waals surface area contributed by atoms with E-state index in [1.165, 1.54) is 0 Å². The molecule has 5 heteroatoms. The molecule has 5 nitrogen and oxygen atoms in total. The van der Waals surface area contributed by atoms with Crippen LogP contribution < -0.4 is 15.5 Å². The second-order valence-electron chi connectivity index (χ2n) is 7.36. The van der Waals surface area contributed by atoms with E-state index in [2.05, 4.69) is 15.5 Å². The lowest BCUT2D eigenvalue weighted by molar-refractivity contribution is -0.117. The summed E-state index contributed by atoms with van der Waals surface area (Å²) in [5, 5.41) is 5.97. The van der Waals surface area contributed by atoms with E-state index in [9.17, 15) is 9.59 Å². The first-order chi connectivity index (χ1) is 13.2. The van der Waals surface area contributed by atoms with Gasteiger partial charge >= 0.3 is 0 Å². The van der Waals surface area contributed by atoms with Gasteiger partial charge < -0.3 is 15.5 Å². The molecule has 2 aliphatic rings. The van der Waals surface area contributed by atoms with Crippen molar-refractivity contribution in [3.8, 4) is 0 Å². The number of nitrogens with zero attached hydrogens (tertiary/aromatic N) is 1. The third-order valence-electron chi connectivity index (χ3n) is 5.20. The molecule has 1 saturated carbocycles. The fourth-order valence-corrected chi connectivity index (χ4v) is 3.49. The van der Waals surface area contributed by atoms with Crippen molar-refractivity contribution in [1.82, 2.24) is 5.32 Å². The largest absolute Gasteiger partial charge is 0.371 e. The van der Waals surface area contributed by atoms with Gasteiger partial charge in [0.1, 0.15) is 0 Å². The van der Waals surface area contributed by atoms with E-state index in [4.69, 9.17) is 0 Å². The Balaban J connectivity index is 1.54. The van der Waals surface area contributed by atoms with Crippen molar-refractivity contribution in [1.29, 1.82) is 0 Å². The van der Waals surface area contributed by atoms with Crippen LogP contribution in [0.5, 0.6) is 0 Å². The van der Waals surface area contributed by atoms with Gasteiger partial charge in [-0.25, -0.2) is 0 Å². The van der Waals surface area contributed by atoms with Gasteiger partial charge in [0, 0.05) is 36.9 Å². The molecule has 140 valence electrons. The van der Waals surface area contributed by atoms with Crippen LogP contribution in [0.15, 0.2) is 48.5 Å². The number of hydrogen-bond donors (Lipinski definition) is 2.